The molecular weight excluding hydrogens is 554 g/mol. The van der Waals surface area contributed by atoms with Crippen molar-refractivity contribution in [3.05, 3.63) is 122 Å². The number of carbonyl (C=O) groups excluding carboxylic acids is 1. The Morgan fingerprint density at radius 2 is 1.67 bits per heavy atom. The van der Waals surface area contributed by atoms with Gasteiger partial charge in [0.15, 0.2) is 0 Å². The lowest BCUT2D eigenvalue weighted by Gasteiger charge is -2.27. The minimum atomic E-state index is -4.05. The number of hydrogen-bond donors (Lipinski definition) is 1. The lowest BCUT2D eigenvalue weighted by Crippen LogP contribution is -2.32. The first kappa shape index (κ1) is 26.7. The van der Waals surface area contributed by atoms with E-state index in [0.29, 0.717) is 16.3 Å². The molecule has 0 aliphatic heterocycles. The van der Waals surface area contributed by atoms with E-state index in [1.165, 1.54) is 4.31 Å². The molecule has 0 bridgehead atoms. The maximum absolute atomic E-state index is 14.0. The summed E-state index contributed by atoms with van der Waals surface area (Å²) in [5.74, 6) is -0.478. The maximum Gasteiger partial charge on any atom is 0.307 e. The number of nitrogens with zero attached hydrogens (tertiary/aromatic N) is 2. The monoisotopic (exact) mass is 577 g/mol. The minimum absolute atomic E-state index is 0.0123. The van der Waals surface area contributed by atoms with Crippen LogP contribution in [0.2, 0.25) is 5.02 Å². The van der Waals surface area contributed by atoms with Gasteiger partial charge < -0.3 is 9.88 Å². The number of hydrogen-bond acceptors (Lipinski definition) is 5. The second-order valence-corrected chi connectivity index (χ2v) is 12.3. The van der Waals surface area contributed by atoms with Crippen molar-refractivity contribution in [2.24, 2.45) is 7.05 Å². The summed E-state index contributed by atoms with van der Waals surface area (Å²) < 4.78 is 31.5. The van der Waals surface area contributed by atoms with Crippen molar-refractivity contribution in [3.63, 3.8) is 0 Å². The molecule has 10 heteroatoms. The first-order chi connectivity index (χ1) is 18.6. The van der Waals surface area contributed by atoms with E-state index in [0.717, 1.165) is 27.1 Å². The number of sulfonamides is 1. The topological polar surface area (TPSA) is 88.5 Å². The first-order valence-electron chi connectivity index (χ1n) is 12.0. The molecule has 7 nitrogen and oxygen atoms in total. The largest absolute Gasteiger partial charge is 0.322 e. The van der Waals surface area contributed by atoms with Crippen molar-refractivity contribution < 1.29 is 13.2 Å². The molecule has 0 spiro atoms. The smallest absolute Gasteiger partial charge is 0.307 e. The van der Waals surface area contributed by atoms with Crippen LogP contribution >= 0.6 is 22.9 Å². The van der Waals surface area contributed by atoms with Gasteiger partial charge in [-0.1, -0.05) is 64.9 Å². The number of benzene rings is 4. The fourth-order valence-electron chi connectivity index (χ4n) is 4.19. The molecule has 0 saturated heterocycles. The Morgan fingerprint density at radius 3 is 2.38 bits per heavy atom. The Balaban J connectivity index is 1.56. The van der Waals surface area contributed by atoms with E-state index >= 15 is 0 Å². The molecule has 198 valence electrons. The van der Waals surface area contributed by atoms with Gasteiger partial charge in [0.2, 0.25) is 0 Å². The van der Waals surface area contributed by atoms with Gasteiger partial charge in [0.1, 0.15) is 0 Å². The van der Waals surface area contributed by atoms with Gasteiger partial charge in [-0.3, -0.25) is 13.9 Å². The molecule has 1 aromatic heterocycles. The van der Waals surface area contributed by atoms with Crippen molar-refractivity contribution >= 4 is 60.5 Å². The van der Waals surface area contributed by atoms with E-state index in [1.54, 1.807) is 103 Å². The van der Waals surface area contributed by atoms with Crippen molar-refractivity contribution in [3.8, 4) is 0 Å². The second-order valence-electron chi connectivity index (χ2n) is 9.03. The van der Waals surface area contributed by atoms with Crippen molar-refractivity contribution in [1.29, 1.82) is 0 Å². The van der Waals surface area contributed by atoms with Crippen molar-refractivity contribution in [2.45, 2.75) is 18.4 Å². The lowest BCUT2D eigenvalue weighted by atomic mass is 10.1. The molecule has 5 rings (SSSR count). The van der Waals surface area contributed by atoms with E-state index in [1.807, 2.05) is 6.92 Å². The first-order valence-corrected chi connectivity index (χ1v) is 14.6. The highest BCUT2D eigenvalue weighted by atomic mass is 35.5. The predicted octanol–water partition coefficient (Wildman–Crippen LogP) is 6.21. The molecule has 0 aliphatic carbocycles. The maximum atomic E-state index is 14.0. The van der Waals surface area contributed by atoms with Gasteiger partial charge in [0.05, 0.1) is 32.9 Å². The van der Waals surface area contributed by atoms with Gasteiger partial charge in [-0.25, -0.2) is 8.42 Å². The summed E-state index contributed by atoms with van der Waals surface area (Å²) in [4.78, 5) is 25.6. The van der Waals surface area contributed by atoms with Gasteiger partial charge in [0.25, 0.3) is 15.9 Å². The SMILES string of the molecule is Cc1ccc(S(=O)(=O)N(Cc2ccc(Cl)cc2)c2ccccc2C(=O)Nc2ccc3c(c2)sc(=O)n3C)cc1. The summed E-state index contributed by atoms with van der Waals surface area (Å²) in [5, 5.41) is 3.40. The average Bonchev–Trinajstić information content (AvgIpc) is 3.20. The van der Waals surface area contributed by atoms with Crippen LogP contribution in [0.25, 0.3) is 10.2 Å². The van der Waals surface area contributed by atoms with Crippen LogP contribution in [0.15, 0.2) is 101 Å². The molecule has 0 atom stereocenters. The molecule has 39 heavy (non-hydrogen) atoms. The van der Waals surface area contributed by atoms with E-state index in [9.17, 15) is 18.0 Å². The van der Waals surface area contributed by atoms with Crippen LogP contribution in [0.1, 0.15) is 21.5 Å². The van der Waals surface area contributed by atoms with E-state index in [-0.39, 0.29) is 27.6 Å². The number of carbonyl (C=O) groups is 1. The van der Waals surface area contributed by atoms with Crippen LogP contribution in [0.3, 0.4) is 0 Å². The standard InChI is InChI=1S/C29H24ClN3O4S2/c1-19-7-14-23(15-8-19)39(36,37)33(18-20-9-11-21(30)12-10-20)25-6-4-3-5-24(25)28(34)31-22-13-16-26-27(17-22)38-29(35)32(26)2/h3-17H,18H2,1-2H3,(H,31,34). The molecule has 1 amide bonds. The third-order valence-electron chi connectivity index (χ3n) is 6.32. The average molecular weight is 578 g/mol. The zero-order chi connectivity index (χ0) is 27.7. The number of amides is 1. The Labute approximate surface area is 235 Å². The number of thiazole rings is 1. The lowest BCUT2D eigenvalue weighted by molar-refractivity contribution is 0.102. The fourth-order valence-corrected chi connectivity index (χ4v) is 6.70. The Bertz CT molecular complexity index is 1840. The molecule has 0 aliphatic rings. The van der Waals surface area contributed by atoms with Gasteiger partial charge in [-0.2, -0.15) is 0 Å². The second kappa shape index (κ2) is 10.7. The highest BCUT2D eigenvalue weighted by Crippen LogP contribution is 2.31. The molecule has 0 saturated carbocycles. The van der Waals surface area contributed by atoms with Gasteiger partial charge in [0, 0.05) is 17.8 Å². The molecule has 1 heterocycles. The van der Waals surface area contributed by atoms with Gasteiger partial charge >= 0.3 is 4.87 Å². The Kier molecular flexibility index (Phi) is 7.31. The van der Waals surface area contributed by atoms with Crippen LogP contribution in [-0.2, 0) is 23.6 Å². The molecule has 5 aromatic rings. The van der Waals surface area contributed by atoms with Crippen LogP contribution in [0.5, 0.6) is 0 Å². The van der Waals surface area contributed by atoms with E-state index in [4.69, 9.17) is 11.6 Å². The quantitative estimate of drug-likeness (QED) is 0.249. The number of fused-ring (bicyclic) bond motifs is 1. The Hall–Kier alpha value is -3.92. The number of aryl methyl sites for hydroxylation is 2. The summed E-state index contributed by atoms with van der Waals surface area (Å²) in [5.41, 5.74) is 3.31. The fraction of sp³-hybridized carbons (Fsp3) is 0.103. The third kappa shape index (κ3) is 5.47. The number of halogens is 1. The normalized spacial score (nSPS) is 11.5. The van der Waals surface area contributed by atoms with Crippen LogP contribution < -0.4 is 14.5 Å². The molecule has 1 N–H and O–H groups in total. The number of nitrogens with one attached hydrogen (secondary N) is 1. The Morgan fingerprint density at radius 1 is 0.974 bits per heavy atom. The zero-order valence-electron chi connectivity index (χ0n) is 21.1. The summed E-state index contributed by atoms with van der Waals surface area (Å²) >= 11 is 7.14. The summed E-state index contributed by atoms with van der Waals surface area (Å²) in [6.45, 7) is 1.87. The van der Waals surface area contributed by atoms with E-state index < -0.39 is 15.9 Å². The van der Waals surface area contributed by atoms with Crippen LogP contribution in [-0.4, -0.2) is 18.9 Å². The number of anilines is 2. The number of aromatic nitrogens is 1. The molecule has 0 fully saturated rings. The van der Waals surface area contributed by atoms with Crippen LogP contribution in [0, 0.1) is 6.92 Å². The third-order valence-corrected chi connectivity index (χ3v) is 9.34. The van der Waals surface area contributed by atoms with Crippen LogP contribution in [0.4, 0.5) is 11.4 Å². The highest BCUT2D eigenvalue weighted by molar-refractivity contribution is 7.92. The molecule has 0 unspecified atom stereocenters. The van der Waals surface area contributed by atoms with Crippen molar-refractivity contribution in [1.82, 2.24) is 4.57 Å². The molecule has 4 aromatic carbocycles. The van der Waals surface area contributed by atoms with Crippen molar-refractivity contribution in [2.75, 3.05) is 9.62 Å². The summed E-state index contributed by atoms with van der Waals surface area (Å²) in [6.07, 6.45) is 0. The molecule has 0 radical (unpaired) electrons. The number of rotatable bonds is 7. The predicted molar refractivity (Wildman–Crippen MR) is 157 cm³/mol. The summed E-state index contributed by atoms with van der Waals surface area (Å²) in [7, 11) is -2.36. The minimum Gasteiger partial charge on any atom is -0.322 e. The van der Waals surface area contributed by atoms with Gasteiger partial charge in [-0.15, -0.1) is 0 Å². The van der Waals surface area contributed by atoms with E-state index in [2.05, 4.69) is 5.32 Å². The summed E-state index contributed by atoms with van der Waals surface area (Å²) in [6, 6.07) is 25.3. The zero-order valence-corrected chi connectivity index (χ0v) is 23.5. The number of para-hydroxylation sites is 1. The van der Waals surface area contributed by atoms with Gasteiger partial charge in [-0.05, 0) is 67.1 Å². The highest BCUT2D eigenvalue weighted by Gasteiger charge is 2.28. The molecular formula is C29H24ClN3O4S2.